The number of nitrogens with one attached hydrogen (secondary N) is 1. The molecule has 0 aromatic carbocycles. The van der Waals surface area contributed by atoms with Gasteiger partial charge >= 0.3 is 6.03 Å². The molecule has 0 unspecified atom stereocenters. The summed E-state index contributed by atoms with van der Waals surface area (Å²) >= 11 is 0. The second-order valence-corrected chi connectivity index (χ2v) is 1.60. The zero-order chi connectivity index (χ0) is 7.82. The SMILES string of the molecule is [N-]=[N+]=NCCCNC(N)=O. The number of azide groups is 1. The van der Waals surface area contributed by atoms with Gasteiger partial charge in [-0.15, -0.1) is 0 Å². The van der Waals surface area contributed by atoms with E-state index < -0.39 is 6.03 Å². The molecule has 0 aliphatic carbocycles. The number of nitrogens with two attached hydrogens (primary N) is 1. The molecule has 0 saturated carbocycles. The molecule has 0 saturated heterocycles. The minimum atomic E-state index is -0.555. The molecule has 10 heavy (non-hydrogen) atoms. The lowest BCUT2D eigenvalue weighted by molar-refractivity contribution is 0.249. The summed E-state index contributed by atoms with van der Waals surface area (Å²) in [4.78, 5) is 12.6. The van der Waals surface area contributed by atoms with Crippen molar-refractivity contribution in [3.8, 4) is 0 Å². The molecule has 3 N–H and O–H groups in total. The van der Waals surface area contributed by atoms with Gasteiger partial charge in [-0.05, 0) is 12.0 Å². The highest BCUT2D eigenvalue weighted by molar-refractivity contribution is 5.71. The molecule has 0 atom stereocenters. The lowest BCUT2D eigenvalue weighted by atomic mass is 10.4. The second kappa shape index (κ2) is 5.71. The summed E-state index contributed by atoms with van der Waals surface area (Å²) in [6, 6.07) is -0.555. The van der Waals surface area contributed by atoms with Gasteiger partial charge < -0.3 is 11.1 Å². The number of primary amides is 1. The first-order valence-electron chi connectivity index (χ1n) is 2.81. The van der Waals surface area contributed by atoms with E-state index in [0.717, 1.165) is 0 Å². The van der Waals surface area contributed by atoms with Gasteiger partial charge in [0.1, 0.15) is 0 Å². The number of rotatable bonds is 4. The third kappa shape index (κ3) is 6.58. The molecule has 2 amide bonds. The lowest BCUT2D eigenvalue weighted by Gasteiger charge is -1.96. The maximum Gasteiger partial charge on any atom is 0.312 e. The van der Waals surface area contributed by atoms with E-state index in [4.69, 9.17) is 11.3 Å². The summed E-state index contributed by atoms with van der Waals surface area (Å²) in [6.45, 7) is 0.838. The number of urea groups is 1. The Bertz CT molecular complexity index is 146. The highest BCUT2D eigenvalue weighted by atomic mass is 16.2. The van der Waals surface area contributed by atoms with Gasteiger partial charge in [0.15, 0.2) is 0 Å². The Morgan fingerprint density at radius 3 is 3.00 bits per heavy atom. The average molecular weight is 143 g/mol. The molecule has 0 fully saturated rings. The van der Waals surface area contributed by atoms with E-state index in [1.807, 2.05) is 0 Å². The highest BCUT2D eigenvalue weighted by Gasteiger charge is 1.88. The zero-order valence-electron chi connectivity index (χ0n) is 5.45. The molecule has 56 valence electrons. The van der Waals surface area contributed by atoms with Crippen LogP contribution in [0.3, 0.4) is 0 Å². The van der Waals surface area contributed by atoms with Crippen molar-refractivity contribution >= 4 is 6.03 Å². The summed E-state index contributed by atoms with van der Waals surface area (Å²) in [7, 11) is 0. The Balaban J connectivity index is 3.05. The Kier molecular flexibility index (Phi) is 4.90. The predicted molar refractivity (Wildman–Crippen MR) is 36.2 cm³/mol. The van der Waals surface area contributed by atoms with E-state index >= 15 is 0 Å². The summed E-state index contributed by atoms with van der Waals surface area (Å²) in [5.74, 6) is 0. The maximum atomic E-state index is 10.0. The largest absolute Gasteiger partial charge is 0.352 e. The first kappa shape index (κ1) is 8.58. The van der Waals surface area contributed by atoms with Crippen LogP contribution in [-0.4, -0.2) is 19.1 Å². The normalized spacial score (nSPS) is 8.00. The van der Waals surface area contributed by atoms with Crippen molar-refractivity contribution < 1.29 is 4.79 Å². The van der Waals surface area contributed by atoms with Crippen molar-refractivity contribution in [2.24, 2.45) is 10.8 Å². The van der Waals surface area contributed by atoms with Crippen LogP contribution in [0.2, 0.25) is 0 Å². The van der Waals surface area contributed by atoms with Crippen molar-refractivity contribution in [1.82, 2.24) is 5.32 Å². The summed E-state index contributed by atoms with van der Waals surface area (Å²) in [5.41, 5.74) is 12.6. The van der Waals surface area contributed by atoms with Gasteiger partial charge in [-0.2, -0.15) is 0 Å². The second-order valence-electron chi connectivity index (χ2n) is 1.60. The van der Waals surface area contributed by atoms with Crippen LogP contribution in [0.4, 0.5) is 4.79 Å². The van der Waals surface area contributed by atoms with Crippen LogP contribution in [0.25, 0.3) is 10.4 Å². The van der Waals surface area contributed by atoms with Crippen LogP contribution in [0.5, 0.6) is 0 Å². The fourth-order valence-corrected chi connectivity index (χ4v) is 0.406. The van der Waals surface area contributed by atoms with Crippen LogP contribution < -0.4 is 11.1 Å². The maximum absolute atomic E-state index is 10.0. The van der Waals surface area contributed by atoms with Crippen molar-refractivity contribution in [3.05, 3.63) is 10.4 Å². The number of carbonyl (C=O) groups is 1. The minimum absolute atomic E-state index is 0.386. The van der Waals surface area contributed by atoms with Gasteiger partial charge in [0.2, 0.25) is 0 Å². The molecule has 0 aliphatic heterocycles. The van der Waals surface area contributed by atoms with Crippen molar-refractivity contribution in [3.63, 3.8) is 0 Å². The third-order valence-electron chi connectivity index (χ3n) is 0.797. The molecular weight excluding hydrogens is 134 g/mol. The molecule has 0 aromatic heterocycles. The molecule has 6 nitrogen and oxygen atoms in total. The lowest BCUT2D eigenvalue weighted by Crippen LogP contribution is -2.30. The van der Waals surface area contributed by atoms with Crippen LogP contribution >= 0.6 is 0 Å². The van der Waals surface area contributed by atoms with Crippen LogP contribution in [0, 0.1) is 0 Å². The molecule has 0 aromatic rings. The summed E-state index contributed by atoms with van der Waals surface area (Å²) in [6.07, 6.45) is 0.618. The van der Waals surface area contributed by atoms with E-state index in [-0.39, 0.29) is 0 Å². The molecule has 6 heteroatoms. The summed E-state index contributed by atoms with van der Waals surface area (Å²) < 4.78 is 0. The topological polar surface area (TPSA) is 104 Å². The quantitative estimate of drug-likeness (QED) is 0.252. The monoisotopic (exact) mass is 143 g/mol. The van der Waals surface area contributed by atoms with Crippen LogP contribution in [0.15, 0.2) is 5.11 Å². The molecule has 0 radical (unpaired) electrons. The Morgan fingerprint density at radius 1 is 1.80 bits per heavy atom. The smallest absolute Gasteiger partial charge is 0.312 e. The van der Waals surface area contributed by atoms with E-state index in [9.17, 15) is 4.79 Å². The average Bonchev–Trinajstić information content (AvgIpc) is 1.87. The Hall–Kier alpha value is -1.42. The Labute approximate surface area is 58.0 Å². The van der Waals surface area contributed by atoms with Gasteiger partial charge in [0.05, 0.1) is 0 Å². The van der Waals surface area contributed by atoms with Gasteiger partial charge in [-0.1, -0.05) is 5.11 Å². The number of hydrogen-bond acceptors (Lipinski definition) is 2. The van der Waals surface area contributed by atoms with Gasteiger partial charge in [-0.25, -0.2) is 4.79 Å². The molecule has 0 spiro atoms. The third-order valence-corrected chi connectivity index (χ3v) is 0.797. The van der Waals surface area contributed by atoms with Gasteiger partial charge in [-0.3, -0.25) is 0 Å². The predicted octanol–water partition coefficient (Wildman–Crippen LogP) is 0.355. The Morgan fingerprint density at radius 2 is 2.50 bits per heavy atom. The summed E-state index contributed by atoms with van der Waals surface area (Å²) in [5, 5.41) is 5.62. The van der Waals surface area contributed by atoms with E-state index in [1.165, 1.54) is 0 Å². The molecule has 0 bridgehead atoms. The van der Waals surface area contributed by atoms with Gasteiger partial charge in [0, 0.05) is 18.0 Å². The van der Waals surface area contributed by atoms with Crippen LogP contribution in [-0.2, 0) is 0 Å². The molecule has 0 aliphatic rings. The molecule has 0 heterocycles. The first-order valence-corrected chi connectivity index (χ1v) is 2.81. The van der Waals surface area contributed by atoms with Crippen LogP contribution in [0.1, 0.15) is 6.42 Å². The van der Waals surface area contributed by atoms with Crippen molar-refractivity contribution in [1.29, 1.82) is 0 Å². The fourth-order valence-electron chi connectivity index (χ4n) is 0.406. The van der Waals surface area contributed by atoms with Crippen molar-refractivity contribution in [2.75, 3.05) is 13.1 Å². The fraction of sp³-hybridized carbons (Fsp3) is 0.750. The van der Waals surface area contributed by atoms with Gasteiger partial charge in [0.25, 0.3) is 0 Å². The minimum Gasteiger partial charge on any atom is -0.352 e. The zero-order valence-corrected chi connectivity index (χ0v) is 5.45. The van der Waals surface area contributed by atoms with E-state index in [2.05, 4.69) is 15.3 Å². The number of hydrogen-bond donors (Lipinski definition) is 2. The first-order chi connectivity index (χ1) is 4.77. The number of carbonyl (C=O) groups excluding carboxylic acids is 1. The van der Waals surface area contributed by atoms with E-state index in [0.29, 0.717) is 19.5 Å². The number of amides is 2. The number of nitrogens with zero attached hydrogens (tertiary/aromatic N) is 3. The molecule has 0 rings (SSSR count). The standard InChI is InChI=1S/C4H9N5O/c5-4(10)7-2-1-3-8-9-6/h1-3H2,(H3,5,7,10). The van der Waals surface area contributed by atoms with Crippen molar-refractivity contribution in [2.45, 2.75) is 6.42 Å². The van der Waals surface area contributed by atoms with E-state index in [1.54, 1.807) is 0 Å². The molecular formula is C4H9N5O. The highest BCUT2D eigenvalue weighted by Crippen LogP contribution is 1.77.